The van der Waals surface area contributed by atoms with Gasteiger partial charge in [-0.05, 0) is 43.9 Å². The first-order chi connectivity index (χ1) is 9.27. The lowest BCUT2D eigenvalue weighted by atomic mass is 10.1. The number of rotatable bonds is 10. The van der Waals surface area contributed by atoms with Crippen molar-refractivity contribution in [1.82, 2.24) is 5.32 Å². The summed E-state index contributed by atoms with van der Waals surface area (Å²) in [4.78, 5) is 0. The second-order valence-corrected chi connectivity index (χ2v) is 6.08. The number of hydrogen-bond acceptors (Lipinski definition) is 3. The second kappa shape index (κ2) is 10.2. The van der Waals surface area contributed by atoms with E-state index in [-0.39, 0.29) is 0 Å². The predicted molar refractivity (Wildman–Crippen MR) is 86.3 cm³/mol. The fourth-order valence-corrected chi connectivity index (χ4v) is 2.49. The number of hydrogen-bond donors (Lipinski definition) is 1. The Morgan fingerprint density at radius 3 is 2.84 bits per heavy atom. The fourth-order valence-electron chi connectivity index (χ4n) is 1.87. The third-order valence-corrected chi connectivity index (χ3v) is 3.84. The van der Waals surface area contributed by atoms with E-state index in [4.69, 9.17) is 4.74 Å². The Labute approximate surface area is 122 Å². The molecule has 0 fully saturated rings. The maximum atomic E-state index is 5.92. The van der Waals surface area contributed by atoms with Crippen molar-refractivity contribution in [2.75, 3.05) is 24.7 Å². The van der Waals surface area contributed by atoms with Crippen molar-refractivity contribution >= 4 is 11.8 Å². The predicted octanol–water partition coefficient (Wildman–Crippen LogP) is 4.02. The Balaban J connectivity index is 2.45. The highest BCUT2D eigenvalue weighted by molar-refractivity contribution is 7.99. The van der Waals surface area contributed by atoms with Gasteiger partial charge in [0, 0.05) is 12.1 Å². The van der Waals surface area contributed by atoms with E-state index in [0.717, 1.165) is 38.3 Å². The molecule has 0 unspecified atom stereocenters. The molecule has 0 aromatic heterocycles. The summed E-state index contributed by atoms with van der Waals surface area (Å²) in [7, 11) is 0. The van der Waals surface area contributed by atoms with Crippen LogP contribution < -0.4 is 10.1 Å². The standard InChI is InChI=1S/C16H27NOS/c1-4-9-17-13-15-12-14(3)7-8-16(15)18-10-6-11-19-5-2/h7-8,12,17H,4-6,9-11,13H2,1-3H3. The van der Waals surface area contributed by atoms with Crippen LogP contribution in [0.25, 0.3) is 0 Å². The van der Waals surface area contributed by atoms with Gasteiger partial charge >= 0.3 is 0 Å². The molecule has 0 aliphatic carbocycles. The number of nitrogens with one attached hydrogen (secondary N) is 1. The number of aryl methyl sites for hydroxylation is 1. The Morgan fingerprint density at radius 2 is 2.11 bits per heavy atom. The van der Waals surface area contributed by atoms with E-state index in [9.17, 15) is 0 Å². The lowest BCUT2D eigenvalue weighted by molar-refractivity contribution is 0.314. The Bertz CT molecular complexity index is 355. The van der Waals surface area contributed by atoms with E-state index in [0.29, 0.717) is 0 Å². The van der Waals surface area contributed by atoms with Crippen LogP contribution in [-0.4, -0.2) is 24.7 Å². The van der Waals surface area contributed by atoms with Crippen molar-refractivity contribution in [3.8, 4) is 5.75 Å². The monoisotopic (exact) mass is 281 g/mol. The Morgan fingerprint density at radius 1 is 1.26 bits per heavy atom. The molecule has 1 rings (SSSR count). The van der Waals surface area contributed by atoms with Crippen LogP contribution in [0.2, 0.25) is 0 Å². The average molecular weight is 281 g/mol. The summed E-state index contributed by atoms with van der Waals surface area (Å²) >= 11 is 1.97. The van der Waals surface area contributed by atoms with Gasteiger partial charge in [0.25, 0.3) is 0 Å². The molecule has 2 nitrogen and oxygen atoms in total. The molecule has 0 heterocycles. The first kappa shape index (κ1) is 16.4. The summed E-state index contributed by atoms with van der Waals surface area (Å²) < 4.78 is 5.92. The van der Waals surface area contributed by atoms with E-state index in [2.05, 4.69) is 44.3 Å². The molecule has 0 amide bonds. The lowest BCUT2D eigenvalue weighted by Gasteiger charge is -2.13. The van der Waals surface area contributed by atoms with Crippen molar-refractivity contribution in [3.63, 3.8) is 0 Å². The molecule has 3 heteroatoms. The van der Waals surface area contributed by atoms with Gasteiger partial charge in [0.05, 0.1) is 6.61 Å². The summed E-state index contributed by atoms with van der Waals surface area (Å²) in [5.41, 5.74) is 2.57. The smallest absolute Gasteiger partial charge is 0.123 e. The van der Waals surface area contributed by atoms with Crippen molar-refractivity contribution in [1.29, 1.82) is 0 Å². The summed E-state index contributed by atoms with van der Waals surface area (Å²) in [6.45, 7) is 9.28. The highest BCUT2D eigenvalue weighted by atomic mass is 32.2. The van der Waals surface area contributed by atoms with Gasteiger partial charge in [0.2, 0.25) is 0 Å². The van der Waals surface area contributed by atoms with Gasteiger partial charge in [-0.25, -0.2) is 0 Å². The summed E-state index contributed by atoms with van der Waals surface area (Å²) in [5.74, 6) is 3.42. The van der Waals surface area contributed by atoms with E-state index in [1.54, 1.807) is 0 Å². The summed E-state index contributed by atoms with van der Waals surface area (Å²) in [5, 5.41) is 3.45. The van der Waals surface area contributed by atoms with Crippen LogP contribution in [0.15, 0.2) is 18.2 Å². The Kier molecular flexibility index (Phi) is 8.76. The summed E-state index contributed by atoms with van der Waals surface area (Å²) in [6, 6.07) is 6.45. The molecule has 0 saturated carbocycles. The second-order valence-electron chi connectivity index (χ2n) is 4.69. The van der Waals surface area contributed by atoms with Crippen LogP contribution >= 0.6 is 11.8 Å². The van der Waals surface area contributed by atoms with Crippen LogP contribution in [0.3, 0.4) is 0 Å². The maximum Gasteiger partial charge on any atom is 0.123 e. The molecule has 1 aromatic rings. The molecule has 0 aliphatic rings. The summed E-state index contributed by atoms with van der Waals surface area (Å²) in [6.07, 6.45) is 2.28. The van der Waals surface area contributed by atoms with Gasteiger partial charge in [-0.15, -0.1) is 0 Å². The van der Waals surface area contributed by atoms with E-state index >= 15 is 0 Å². The third kappa shape index (κ3) is 6.88. The number of ether oxygens (including phenoxy) is 1. The minimum absolute atomic E-state index is 0.816. The zero-order chi connectivity index (χ0) is 13.9. The van der Waals surface area contributed by atoms with Gasteiger partial charge in [0.15, 0.2) is 0 Å². The molecule has 108 valence electrons. The molecule has 0 spiro atoms. The zero-order valence-corrected chi connectivity index (χ0v) is 13.3. The number of thioether (sulfide) groups is 1. The molecule has 0 aliphatic heterocycles. The molecule has 1 N–H and O–H groups in total. The van der Waals surface area contributed by atoms with Crippen LogP contribution in [0, 0.1) is 6.92 Å². The molecule has 1 aromatic carbocycles. The van der Waals surface area contributed by atoms with Gasteiger partial charge < -0.3 is 10.1 Å². The largest absolute Gasteiger partial charge is 0.493 e. The third-order valence-electron chi connectivity index (χ3n) is 2.85. The highest BCUT2D eigenvalue weighted by Gasteiger charge is 2.03. The highest BCUT2D eigenvalue weighted by Crippen LogP contribution is 2.20. The first-order valence-corrected chi connectivity index (χ1v) is 8.44. The van der Waals surface area contributed by atoms with Crippen molar-refractivity contribution < 1.29 is 4.74 Å². The molecule has 0 atom stereocenters. The molecular formula is C16H27NOS. The zero-order valence-electron chi connectivity index (χ0n) is 12.5. The van der Waals surface area contributed by atoms with E-state index in [1.165, 1.54) is 22.6 Å². The molecule has 19 heavy (non-hydrogen) atoms. The molecular weight excluding hydrogens is 254 g/mol. The lowest BCUT2D eigenvalue weighted by Crippen LogP contribution is -2.15. The first-order valence-electron chi connectivity index (χ1n) is 7.28. The topological polar surface area (TPSA) is 21.3 Å². The number of benzene rings is 1. The van der Waals surface area contributed by atoms with Crippen LogP contribution in [-0.2, 0) is 6.54 Å². The SMILES string of the molecule is CCCNCc1cc(C)ccc1OCCCSCC. The van der Waals surface area contributed by atoms with Crippen LogP contribution in [0.5, 0.6) is 5.75 Å². The minimum atomic E-state index is 0.816. The van der Waals surface area contributed by atoms with Gasteiger partial charge in [-0.3, -0.25) is 0 Å². The van der Waals surface area contributed by atoms with Crippen molar-refractivity contribution in [2.24, 2.45) is 0 Å². The van der Waals surface area contributed by atoms with Gasteiger partial charge in [0.1, 0.15) is 5.75 Å². The van der Waals surface area contributed by atoms with Crippen molar-refractivity contribution in [3.05, 3.63) is 29.3 Å². The minimum Gasteiger partial charge on any atom is -0.493 e. The average Bonchev–Trinajstić information content (AvgIpc) is 2.41. The Hall–Kier alpha value is -0.670. The molecule has 0 bridgehead atoms. The van der Waals surface area contributed by atoms with Crippen molar-refractivity contribution in [2.45, 2.75) is 40.2 Å². The molecule has 0 radical (unpaired) electrons. The fraction of sp³-hybridized carbons (Fsp3) is 0.625. The van der Waals surface area contributed by atoms with Gasteiger partial charge in [-0.2, -0.15) is 11.8 Å². The maximum absolute atomic E-state index is 5.92. The molecule has 0 saturated heterocycles. The van der Waals surface area contributed by atoms with Gasteiger partial charge in [-0.1, -0.05) is 31.5 Å². The normalized spacial score (nSPS) is 10.7. The van der Waals surface area contributed by atoms with E-state index < -0.39 is 0 Å². The van der Waals surface area contributed by atoms with Crippen LogP contribution in [0.1, 0.15) is 37.8 Å². The van der Waals surface area contributed by atoms with Crippen LogP contribution in [0.4, 0.5) is 0 Å². The van der Waals surface area contributed by atoms with E-state index in [1.807, 2.05) is 11.8 Å². The quantitative estimate of drug-likeness (QED) is 0.655.